The Morgan fingerprint density at radius 2 is 0.709 bits per heavy atom. The summed E-state index contributed by atoms with van der Waals surface area (Å²) in [5, 5.41) is 0. The minimum Gasteiger partial charge on any atom is -0.372 e. The standard InChI is InChI=1S/C39H47N3.C33H39N3.CH4/c1-5-41(6-2)33-19-15-29(16-20-33)39(30-17-21-34(22-18-30)42(7-3)8-4)37-23-24-38(36-12-10-9-11-35(36)37)40-27-32-26-28-13-14-31(32)25-28;1-6-34-32-24-23-31(29-13-11-12-14-30(29)32)33(25-15-19-27(20-16-25)35(7-2)8-3)26-17-21-28(22-18-26)36(9-4)10-5;/h9-12,15-24,28,31-32H,5-8,13-14,25-27H2,1-4H3;11-24H,6-10H2,1-5H3;1H4/p+2. The molecule has 4 aliphatic rings. The second-order valence-electron chi connectivity index (χ2n) is 21.4. The molecule has 0 saturated heterocycles. The fourth-order valence-electron chi connectivity index (χ4n) is 13.1. The topological polar surface area (TPSA) is 40.9 Å². The number of anilines is 4. The first-order valence-corrected chi connectivity index (χ1v) is 29.9. The van der Waals surface area contributed by atoms with Crippen LogP contribution in [0.4, 0.5) is 22.7 Å². The van der Waals surface area contributed by atoms with Gasteiger partial charge in [-0.15, -0.1) is 0 Å². The van der Waals surface area contributed by atoms with E-state index in [2.05, 4.69) is 262 Å². The number of nitrogens with one attached hydrogen (secondary N) is 2. The number of nitrogens with zero attached hydrogens (tertiary/aromatic N) is 4. The van der Waals surface area contributed by atoms with Crippen LogP contribution in [0.5, 0.6) is 0 Å². The van der Waals surface area contributed by atoms with Crippen molar-refractivity contribution in [3.63, 3.8) is 0 Å². The summed E-state index contributed by atoms with van der Waals surface area (Å²) in [4.78, 5) is 17.1. The summed E-state index contributed by atoms with van der Waals surface area (Å²) in [7, 11) is 0. The Hall–Kier alpha value is -7.18. The maximum absolute atomic E-state index is 3.91. The molecule has 0 spiro atoms. The van der Waals surface area contributed by atoms with Crippen LogP contribution in [0.25, 0.3) is 22.3 Å². The van der Waals surface area contributed by atoms with Crippen molar-refractivity contribution in [1.29, 1.82) is 0 Å². The predicted octanol–water partition coefficient (Wildman–Crippen LogP) is 13.6. The van der Waals surface area contributed by atoms with Crippen molar-refractivity contribution in [2.45, 2.75) is 95.4 Å². The van der Waals surface area contributed by atoms with Crippen molar-refractivity contribution in [3.8, 4) is 0 Å². The smallest absolute Gasteiger partial charge is 0.206 e. The monoisotopic (exact) mass is 1050 g/mol. The van der Waals surface area contributed by atoms with E-state index in [1.807, 2.05) is 0 Å². The molecule has 0 amide bonds. The van der Waals surface area contributed by atoms with E-state index in [0.717, 1.165) is 83.2 Å². The van der Waals surface area contributed by atoms with Gasteiger partial charge in [0.2, 0.25) is 11.4 Å². The first-order chi connectivity index (χ1) is 38.3. The molecular weight excluding hydrogens is 961 g/mol. The molecule has 2 saturated carbocycles. The van der Waals surface area contributed by atoms with E-state index < -0.39 is 0 Å². The molecule has 6 nitrogen and oxygen atoms in total. The van der Waals surface area contributed by atoms with E-state index in [-0.39, 0.29) is 7.43 Å². The van der Waals surface area contributed by atoms with Crippen LogP contribution < -0.4 is 29.6 Å². The normalized spacial score (nSPS) is 17.7. The zero-order valence-electron chi connectivity index (χ0n) is 48.6. The lowest BCUT2D eigenvalue weighted by atomic mass is 9.83. The zero-order chi connectivity index (χ0) is 54.5. The summed E-state index contributed by atoms with van der Waals surface area (Å²) in [5.41, 5.74) is 22.8. The van der Waals surface area contributed by atoms with Crippen LogP contribution >= 0.6 is 0 Å². The molecule has 0 radical (unpaired) electrons. The quantitative estimate of drug-likeness (QED) is 0.0848. The molecule has 6 aromatic rings. The Labute approximate surface area is 476 Å². The SMILES string of the molecule is C.CCN(CC)c1ccc(C(=C2C=CC(=[NH+]CC3CC4CCC3C4)c3ccccc32)c2ccc(N(CC)CC)cc2)cc1.CC[NH+]=C1C=CC(=C(c2ccc(N(CC)CC)cc2)c2ccc(N(CC)CC)cc2)c2ccccc21. The first kappa shape index (κ1) is 58.0. The summed E-state index contributed by atoms with van der Waals surface area (Å²) < 4.78 is 0. The molecule has 412 valence electrons. The van der Waals surface area contributed by atoms with Gasteiger partial charge in [0.1, 0.15) is 13.1 Å². The lowest BCUT2D eigenvalue weighted by Gasteiger charge is -2.24. The van der Waals surface area contributed by atoms with Crippen LogP contribution in [0, 0.1) is 17.8 Å². The number of rotatable bonds is 19. The molecule has 0 aromatic heterocycles. The van der Waals surface area contributed by atoms with E-state index in [1.165, 1.54) is 127 Å². The summed E-state index contributed by atoms with van der Waals surface area (Å²) in [6, 6.07) is 54.4. The zero-order valence-corrected chi connectivity index (χ0v) is 48.6. The molecule has 3 atom stereocenters. The van der Waals surface area contributed by atoms with Crippen molar-refractivity contribution in [2.75, 3.05) is 85.0 Å². The summed E-state index contributed by atoms with van der Waals surface area (Å²) in [6.45, 7) is 30.0. The second kappa shape index (κ2) is 27.6. The van der Waals surface area contributed by atoms with Gasteiger partial charge in [0.05, 0.1) is 11.1 Å². The van der Waals surface area contributed by atoms with Crippen LogP contribution in [-0.4, -0.2) is 76.9 Å². The van der Waals surface area contributed by atoms with Gasteiger partial charge >= 0.3 is 0 Å². The summed E-state index contributed by atoms with van der Waals surface area (Å²) >= 11 is 0. The Balaban J connectivity index is 0.000000208. The minimum atomic E-state index is 0. The number of hydrogen-bond acceptors (Lipinski definition) is 4. The third-order valence-corrected chi connectivity index (χ3v) is 17.3. The van der Waals surface area contributed by atoms with Gasteiger partial charge in [-0.25, -0.2) is 9.98 Å². The maximum atomic E-state index is 3.91. The summed E-state index contributed by atoms with van der Waals surface area (Å²) in [6.07, 6.45) is 15.0. The molecule has 2 fully saturated rings. The number of allylic oxidation sites excluding steroid dienone is 6. The molecule has 6 heteroatoms. The molecule has 10 rings (SSSR count). The van der Waals surface area contributed by atoms with Gasteiger partial charge in [0.15, 0.2) is 0 Å². The minimum absolute atomic E-state index is 0. The molecule has 0 aliphatic heterocycles. The van der Waals surface area contributed by atoms with Crippen molar-refractivity contribution >= 4 is 56.5 Å². The van der Waals surface area contributed by atoms with Crippen LogP contribution in [0.15, 0.2) is 170 Å². The molecule has 3 unspecified atom stereocenters. The number of benzene rings is 6. The van der Waals surface area contributed by atoms with Crippen LogP contribution in [-0.2, 0) is 0 Å². The Morgan fingerprint density at radius 3 is 1.00 bits per heavy atom. The molecule has 79 heavy (non-hydrogen) atoms. The van der Waals surface area contributed by atoms with Gasteiger partial charge in [0, 0.05) is 93.2 Å². The van der Waals surface area contributed by atoms with Gasteiger partial charge in [-0.3, -0.25) is 0 Å². The summed E-state index contributed by atoms with van der Waals surface area (Å²) in [5.74, 6) is 2.75. The van der Waals surface area contributed by atoms with Crippen molar-refractivity contribution in [1.82, 2.24) is 0 Å². The van der Waals surface area contributed by atoms with Gasteiger partial charge in [0.25, 0.3) is 0 Å². The average molecular weight is 1050 g/mol. The highest BCUT2D eigenvalue weighted by molar-refractivity contribution is 6.18. The van der Waals surface area contributed by atoms with Crippen molar-refractivity contribution < 1.29 is 9.98 Å². The van der Waals surface area contributed by atoms with Gasteiger partial charge in [-0.2, -0.15) is 0 Å². The average Bonchev–Trinajstić information content (AvgIpc) is 4.17. The maximum Gasteiger partial charge on any atom is 0.206 e. The van der Waals surface area contributed by atoms with E-state index in [0.29, 0.717) is 0 Å². The molecule has 0 heterocycles. The predicted molar refractivity (Wildman–Crippen MR) is 344 cm³/mol. The molecule has 4 aliphatic carbocycles. The highest BCUT2D eigenvalue weighted by atomic mass is 15.1. The van der Waals surface area contributed by atoms with Crippen molar-refractivity contribution in [3.05, 3.63) is 214 Å². The molecular formula is C73H92N6+2. The third kappa shape index (κ3) is 12.8. The van der Waals surface area contributed by atoms with Gasteiger partial charge in [-0.1, -0.05) is 98.8 Å². The fraction of sp³-hybridized carbons (Fsp3) is 0.370. The first-order valence-electron chi connectivity index (χ1n) is 29.9. The van der Waals surface area contributed by atoms with Crippen molar-refractivity contribution in [2.24, 2.45) is 17.8 Å². The van der Waals surface area contributed by atoms with Crippen LogP contribution in [0.1, 0.15) is 140 Å². The third-order valence-electron chi connectivity index (χ3n) is 17.3. The highest BCUT2D eigenvalue weighted by Crippen LogP contribution is 2.48. The molecule has 2 N–H and O–H groups in total. The van der Waals surface area contributed by atoms with E-state index in [9.17, 15) is 0 Å². The lowest BCUT2D eigenvalue weighted by Crippen LogP contribution is -2.75. The number of fused-ring (bicyclic) bond motifs is 4. The Kier molecular flexibility index (Phi) is 20.3. The fourth-order valence-corrected chi connectivity index (χ4v) is 13.1. The van der Waals surface area contributed by atoms with Crippen LogP contribution in [0.2, 0.25) is 0 Å². The van der Waals surface area contributed by atoms with Crippen LogP contribution in [0.3, 0.4) is 0 Å². The van der Waals surface area contributed by atoms with E-state index in [1.54, 1.807) is 0 Å². The Morgan fingerprint density at radius 1 is 0.380 bits per heavy atom. The highest BCUT2D eigenvalue weighted by Gasteiger charge is 2.40. The Bertz CT molecular complexity index is 3000. The van der Waals surface area contributed by atoms with E-state index >= 15 is 0 Å². The molecule has 2 bridgehead atoms. The second-order valence-corrected chi connectivity index (χ2v) is 21.4. The lowest BCUT2D eigenvalue weighted by molar-refractivity contribution is -0.466. The molecule has 6 aromatic carbocycles. The van der Waals surface area contributed by atoms with Gasteiger partial charge < -0.3 is 19.6 Å². The van der Waals surface area contributed by atoms with E-state index in [4.69, 9.17) is 0 Å². The largest absolute Gasteiger partial charge is 0.372 e. The number of hydrogen-bond donors (Lipinski definition) is 2. The van der Waals surface area contributed by atoms with Gasteiger partial charge in [-0.05, 0) is 222 Å².